The number of carbonyl (C=O) groups is 1. The van der Waals surface area contributed by atoms with Gasteiger partial charge in [0.25, 0.3) is 0 Å². The number of hydrogen-bond acceptors (Lipinski definition) is 5. The maximum Gasteiger partial charge on any atom is 0.410 e. The Labute approximate surface area is 149 Å². The van der Waals surface area contributed by atoms with Crippen molar-refractivity contribution >= 4 is 23.5 Å². The first kappa shape index (κ1) is 18.8. The van der Waals surface area contributed by atoms with Crippen molar-refractivity contribution in [2.45, 2.75) is 58.6 Å². The number of carbonyl (C=O) groups excluding carboxylic acids is 1. The molecule has 0 spiro atoms. The summed E-state index contributed by atoms with van der Waals surface area (Å²) in [4.78, 5) is 24.7. The van der Waals surface area contributed by atoms with Crippen LogP contribution in [0.5, 0.6) is 0 Å². The predicted octanol–water partition coefficient (Wildman–Crippen LogP) is 3.53. The summed E-state index contributed by atoms with van der Waals surface area (Å²) in [5.41, 5.74) is 0.468. The Hall–Kier alpha value is -1.56. The normalized spacial score (nSPS) is 17.9. The fourth-order valence-corrected chi connectivity index (χ4v) is 2.94. The van der Waals surface area contributed by atoms with Crippen LogP contribution in [0.15, 0.2) is 6.07 Å². The van der Waals surface area contributed by atoms with Crippen LogP contribution in [-0.4, -0.2) is 52.7 Å². The van der Waals surface area contributed by atoms with Gasteiger partial charge in [0.05, 0.1) is 6.04 Å². The van der Waals surface area contributed by atoms with Crippen molar-refractivity contribution in [3.63, 3.8) is 0 Å². The average molecular weight is 355 g/mol. The van der Waals surface area contributed by atoms with E-state index in [1.807, 2.05) is 26.8 Å². The van der Waals surface area contributed by atoms with Gasteiger partial charge in [0.15, 0.2) is 0 Å². The van der Waals surface area contributed by atoms with Gasteiger partial charge < -0.3 is 14.5 Å². The van der Waals surface area contributed by atoms with Gasteiger partial charge in [0, 0.05) is 31.9 Å². The first-order valence-corrected chi connectivity index (χ1v) is 8.81. The van der Waals surface area contributed by atoms with E-state index < -0.39 is 5.60 Å². The number of aryl methyl sites for hydroxylation is 1. The summed E-state index contributed by atoms with van der Waals surface area (Å²) >= 11 is 6.05. The van der Waals surface area contributed by atoms with Gasteiger partial charge in [-0.25, -0.2) is 14.8 Å². The molecule has 0 N–H and O–H groups in total. The molecule has 1 amide bonds. The Morgan fingerprint density at radius 3 is 2.79 bits per heavy atom. The lowest BCUT2D eigenvalue weighted by Gasteiger charge is -2.28. The molecule has 0 bridgehead atoms. The number of hydrogen-bond donors (Lipinski definition) is 0. The summed E-state index contributed by atoms with van der Waals surface area (Å²) in [5, 5.41) is 0.278. The first-order valence-electron chi connectivity index (χ1n) is 8.44. The van der Waals surface area contributed by atoms with Crippen LogP contribution >= 0.6 is 11.6 Å². The van der Waals surface area contributed by atoms with Gasteiger partial charge in [-0.1, -0.05) is 13.3 Å². The molecular formula is C17H27ClN4O2. The molecule has 0 saturated carbocycles. The molecule has 1 aromatic heterocycles. The van der Waals surface area contributed by atoms with E-state index in [1.165, 1.54) is 0 Å². The number of rotatable bonds is 4. The Bertz CT molecular complexity index is 588. The molecule has 1 aromatic rings. The lowest BCUT2D eigenvalue weighted by molar-refractivity contribution is 0.0238. The van der Waals surface area contributed by atoms with E-state index >= 15 is 0 Å². The van der Waals surface area contributed by atoms with E-state index in [0.29, 0.717) is 6.54 Å². The van der Waals surface area contributed by atoms with Gasteiger partial charge in [-0.15, -0.1) is 0 Å². The van der Waals surface area contributed by atoms with Crippen molar-refractivity contribution in [1.82, 2.24) is 14.9 Å². The minimum absolute atomic E-state index is 0.100. The fourth-order valence-electron chi connectivity index (χ4n) is 2.75. The summed E-state index contributed by atoms with van der Waals surface area (Å²) in [7, 11) is 1.79. The third-order valence-corrected chi connectivity index (χ3v) is 4.13. The minimum atomic E-state index is -0.487. The number of amides is 1. The van der Waals surface area contributed by atoms with Gasteiger partial charge in [-0.3, -0.25) is 0 Å². The quantitative estimate of drug-likeness (QED) is 0.774. The smallest absolute Gasteiger partial charge is 0.410 e. The topological polar surface area (TPSA) is 58.6 Å². The molecule has 2 heterocycles. The molecule has 1 aliphatic rings. The van der Waals surface area contributed by atoms with E-state index in [4.69, 9.17) is 16.3 Å². The van der Waals surface area contributed by atoms with Gasteiger partial charge in [-0.05, 0) is 45.2 Å². The van der Waals surface area contributed by atoms with Crippen LogP contribution in [-0.2, 0) is 11.2 Å². The second-order valence-corrected chi connectivity index (χ2v) is 7.55. The molecule has 1 aliphatic heterocycles. The molecule has 1 fully saturated rings. The SMILES string of the molecule is CCCc1cc(N2CCC(N(C)C(=O)OC(C)(C)C)C2)nc(Cl)n1. The molecule has 7 heteroatoms. The highest BCUT2D eigenvalue weighted by Gasteiger charge is 2.31. The van der Waals surface area contributed by atoms with Gasteiger partial charge in [0.2, 0.25) is 5.28 Å². The fraction of sp³-hybridized carbons (Fsp3) is 0.706. The molecule has 0 radical (unpaired) electrons. The highest BCUT2D eigenvalue weighted by atomic mass is 35.5. The highest BCUT2D eigenvalue weighted by Crippen LogP contribution is 2.24. The number of aromatic nitrogens is 2. The molecule has 134 valence electrons. The molecule has 6 nitrogen and oxygen atoms in total. The molecule has 24 heavy (non-hydrogen) atoms. The van der Waals surface area contributed by atoms with Crippen molar-refractivity contribution < 1.29 is 9.53 Å². The predicted molar refractivity (Wildman–Crippen MR) is 95.7 cm³/mol. The molecule has 0 aromatic carbocycles. The van der Waals surface area contributed by atoms with Crippen molar-refractivity contribution in [2.75, 3.05) is 25.0 Å². The van der Waals surface area contributed by atoms with E-state index in [-0.39, 0.29) is 17.4 Å². The van der Waals surface area contributed by atoms with Gasteiger partial charge in [-0.2, -0.15) is 0 Å². The summed E-state index contributed by atoms with van der Waals surface area (Å²) in [6, 6.07) is 2.09. The van der Waals surface area contributed by atoms with Crippen LogP contribution in [0, 0.1) is 0 Å². The van der Waals surface area contributed by atoms with E-state index in [0.717, 1.165) is 37.3 Å². The third-order valence-electron chi connectivity index (χ3n) is 3.96. The zero-order valence-electron chi connectivity index (χ0n) is 15.2. The maximum absolute atomic E-state index is 12.2. The number of likely N-dealkylation sites (N-methyl/N-ethyl adjacent to an activating group) is 1. The second kappa shape index (κ2) is 7.55. The summed E-state index contributed by atoms with van der Waals surface area (Å²) < 4.78 is 5.44. The largest absolute Gasteiger partial charge is 0.444 e. The van der Waals surface area contributed by atoms with Gasteiger partial charge >= 0.3 is 6.09 Å². The van der Waals surface area contributed by atoms with Crippen LogP contribution in [0.25, 0.3) is 0 Å². The van der Waals surface area contributed by atoms with Crippen LogP contribution in [0.2, 0.25) is 5.28 Å². The maximum atomic E-state index is 12.2. The second-order valence-electron chi connectivity index (χ2n) is 7.22. The van der Waals surface area contributed by atoms with E-state index in [2.05, 4.69) is 21.8 Å². The number of ether oxygens (including phenoxy) is 1. The van der Waals surface area contributed by atoms with Crippen LogP contribution in [0.1, 0.15) is 46.2 Å². The standard InChI is InChI=1S/C17H27ClN4O2/c1-6-7-12-10-14(20-15(18)19-12)22-9-8-13(11-22)21(5)16(23)24-17(2,3)4/h10,13H,6-9,11H2,1-5H3. The zero-order chi connectivity index (χ0) is 17.9. The van der Waals surface area contributed by atoms with Crippen molar-refractivity contribution in [1.29, 1.82) is 0 Å². The molecule has 2 rings (SSSR count). The van der Waals surface area contributed by atoms with Crippen molar-refractivity contribution in [3.05, 3.63) is 17.0 Å². The number of nitrogens with zero attached hydrogens (tertiary/aromatic N) is 4. The van der Waals surface area contributed by atoms with E-state index in [1.54, 1.807) is 11.9 Å². The zero-order valence-corrected chi connectivity index (χ0v) is 15.9. The van der Waals surface area contributed by atoms with Gasteiger partial charge in [0.1, 0.15) is 11.4 Å². The van der Waals surface area contributed by atoms with Crippen LogP contribution in [0.4, 0.5) is 10.6 Å². The number of anilines is 1. The summed E-state index contributed by atoms with van der Waals surface area (Å²) in [6.45, 7) is 9.27. The monoisotopic (exact) mass is 354 g/mol. The Kier molecular flexibility index (Phi) is 5.91. The third kappa shape index (κ3) is 4.97. The summed E-state index contributed by atoms with van der Waals surface area (Å²) in [5.74, 6) is 0.832. The highest BCUT2D eigenvalue weighted by molar-refractivity contribution is 6.28. The summed E-state index contributed by atoms with van der Waals surface area (Å²) in [6.07, 6.45) is 2.48. The molecule has 1 saturated heterocycles. The average Bonchev–Trinajstić information content (AvgIpc) is 2.94. The lowest BCUT2D eigenvalue weighted by atomic mass is 10.2. The molecular weight excluding hydrogens is 328 g/mol. The van der Waals surface area contributed by atoms with Crippen LogP contribution in [0.3, 0.4) is 0 Å². The Balaban J connectivity index is 2.03. The number of halogens is 1. The van der Waals surface area contributed by atoms with Crippen molar-refractivity contribution in [2.24, 2.45) is 0 Å². The minimum Gasteiger partial charge on any atom is -0.444 e. The molecule has 0 aliphatic carbocycles. The Morgan fingerprint density at radius 1 is 1.46 bits per heavy atom. The van der Waals surface area contributed by atoms with Crippen LogP contribution < -0.4 is 4.90 Å². The first-order chi connectivity index (χ1) is 11.2. The molecule has 1 unspecified atom stereocenters. The van der Waals surface area contributed by atoms with E-state index in [9.17, 15) is 4.79 Å². The Morgan fingerprint density at radius 2 is 2.17 bits per heavy atom. The lowest BCUT2D eigenvalue weighted by Crippen LogP contribution is -2.42. The van der Waals surface area contributed by atoms with Crippen molar-refractivity contribution in [3.8, 4) is 0 Å². The molecule has 1 atom stereocenters.